The standard InChI is InChI=1S/C51H86N10O15/c1-27(2)23-28(3)11-9-7-5-6-8-10-12-38(68)55-33-25-37(67)45(54-21-20-53)59-49(74)42-36(66)18-22-60(42)51(76)40(35(65)17-19-52)57-48(73)41(44(70)43(69)30-13-15-31(63)16-14-30)58-47(72)34-24-32(64)26-61(34)50(75)39(29(4)62)56-46(33)71/h13-16,27-29,32-37,39-45,54,62-67,69-70H,5-12,17-26,52-53H2,1-4H3,(H,55,68)(H,56,71)(H,57,73)(H,58,72)(H,59,74)/t28-,29-,32-,33+,34+,35-,36+,37-,39+,40+,41+,42+,43+,44+,45+/m1/s1. The minimum Gasteiger partial charge on any atom is -0.508 e. The van der Waals surface area contributed by atoms with Gasteiger partial charge < -0.3 is 88.7 Å². The molecule has 4 rings (SSSR count). The number of aliphatic hydroxyl groups excluding tert-OH is 7. The predicted octanol–water partition coefficient (Wildman–Crippen LogP) is -3.70. The van der Waals surface area contributed by atoms with E-state index in [2.05, 4.69) is 52.7 Å². The molecule has 15 atom stereocenters. The van der Waals surface area contributed by atoms with Crippen molar-refractivity contribution in [2.75, 3.05) is 32.7 Å². The second-order valence-corrected chi connectivity index (χ2v) is 21.1. The number of phenols is 1. The second-order valence-electron chi connectivity index (χ2n) is 21.1. The van der Waals surface area contributed by atoms with Crippen LogP contribution < -0.4 is 43.4 Å². The van der Waals surface area contributed by atoms with E-state index >= 15 is 0 Å². The van der Waals surface area contributed by atoms with Gasteiger partial charge in [0.1, 0.15) is 60.4 Å². The molecule has 0 aromatic heterocycles. The Kier molecular flexibility index (Phi) is 25.7. The lowest BCUT2D eigenvalue weighted by molar-refractivity contribution is -0.148. The average Bonchev–Trinajstić information content (AvgIpc) is 3.96. The lowest BCUT2D eigenvalue weighted by Crippen LogP contribution is -2.65. The number of phenolic OH excluding ortho intramolecular Hbond substituents is 1. The number of fused-ring (bicyclic) bond motifs is 2. The largest absolute Gasteiger partial charge is 0.508 e. The number of amides is 7. The van der Waals surface area contributed by atoms with E-state index in [1.165, 1.54) is 30.7 Å². The summed E-state index contributed by atoms with van der Waals surface area (Å²) in [6.45, 7) is 6.67. The highest BCUT2D eigenvalue weighted by Gasteiger charge is 2.49. The van der Waals surface area contributed by atoms with E-state index < -0.39 is 146 Å². The van der Waals surface area contributed by atoms with Crippen LogP contribution >= 0.6 is 0 Å². The van der Waals surface area contributed by atoms with Crippen molar-refractivity contribution in [2.24, 2.45) is 23.3 Å². The first-order chi connectivity index (χ1) is 36.0. The third-order valence-electron chi connectivity index (χ3n) is 14.3. The number of nitrogens with one attached hydrogen (secondary N) is 6. The summed E-state index contributed by atoms with van der Waals surface area (Å²) in [5.74, 6) is -6.49. The predicted molar refractivity (Wildman–Crippen MR) is 276 cm³/mol. The summed E-state index contributed by atoms with van der Waals surface area (Å²) in [6.07, 6.45) is -8.14. The minimum absolute atomic E-state index is 0.0263. The van der Waals surface area contributed by atoms with Gasteiger partial charge in [0.2, 0.25) is 41.4 Å². The van der Waals surface area contributed by atoms with E-state index in [4.69, 9.17) is 11.5 Å². The molecule has 18 N–H and O–H groups in total. The van der Waals surface area contributed by atoms with Crippen molar-refractivity contribution in [3.05, 3.63) is 29.8 Å². The Balaban J connectivity index is 1.74. The number of carbonyl (C=O) groups excluding carboxylic acids is 7. The quantitative estimate of drug-likeness (QED) is 0.0497. The molecule has 3 fully saturated rings. The molecule has 0 bridgehead atoms. The second kappa shape index (κ2) is 30.7. The molecule has 3 heterocycles. The maximum atomic E-state index is 14.6. The van der Waals surface area contributed by atoms with Crippen molar-refractivity contribution < 1.29 is 74.4 Å². The minimum atomic E-state index is -2.28. The number of aliphatic hydroxyl groups is 7. The van der Waals surface area contributed by atoms with Crippen LogP contribution in [0.5, 0.6) is 5.75 Å². The van der Waals surface area contributed by atoms with Gasteiger partial charge in [-0.3, -0.25) is 38.9 Å². The summed E-state index contributed by atoms with van der Waals surface area (Å²) in [5.41, 5.74) is 11.5. The molecule has 0 radical (unpaired) electrons. The van der Waals surface area contributed by atoms with Crippen LogP contribution in [0.3, 0.4) is 0 Å². The summed E-state index contributed by atoms with van der Waals surface area (Å²) in [4.78, 5) is 102. The van der Waals surface area contributed by atoms with Crippen molar-refractivity contribution in [3.63, 3.8) is 0 Å². The van der Waals surface area contributed by atoms with Gasteiger partial charge in [0.15, 0.2) is 0 Å². The van der Waals surface area contributed by atoms with Gasteiger partial charge in [-0.2, -0.15) is 0 Å². The van der Waals surface area contributed by atoms with Crippen LogP contribution in [0.4, 0.5) is 0 Å². The van der Waals surface area contributed by atoms with E-state index in [0.717, 1.165) is 48.8 Å². The topological polar surface area (TPSA) is 412 Å². The molecule has 1 aromatic carbocycles. The summed E-state index contributed by atoms with van der Waals surface area (Å²) in [6, 6.07) is -6.40. The van der Waals surface area contributed by atoms with Crippen molar-refractivity contribution >= 4 is 41.4 Å². The Morgan fingerprint density at radius 2 is 1.33 bits per heavy atom. The Labute approximate surface area is 444 Å². The highest BCUT2D eigenvalue weighted by molar-refractivity contribution is 5.98. The van der Waals surface area contributed by atoms with Gasteiger partial charge >= 0.3 is 0 Å². The number of hydrogen-bond donors (Lipinski definition) is 16. The summed E-state index contributed by atoms with van der Waals surface area (Å²) in [7, 11) is 0. The summed E-state index contributed by atoms with van der Waals surface area (Å²) < 4.78 is 0. The molecule has 25 heteroatoms. The van der Waals surface area contributed by atoms with Gasteiger partial charge in [-0.1, -0.05) is 71.4 Å². The van der Waals surface area contributed by atoms with Gasteiger partial charge in [-0.25, -0.2) is 0 Å². The van der Waals surface area contributed by atoms with Crippen LogP contribution in [0.1, 0.15) is 123 Å². The van der Waals surface area contributed by atoms with Gasteiger partial charge in [-0.05, 0) is 68.7 Å². The molecule has 430 valence electrons. The van der Waals surface area contributed by atoms with Crippen LogP contribution in [-0.2, 0) is 33.6 Å². The third-order valence-corrected chi connectivity index (χ3v) is 14.3. The first kappa shape index (κ1) is 63.4. The first-order valence-corrected chi connectivity index (χ1v) is 26.8. The fourth-order valence-electron chi connectivity index (χ4n) is 10.2. The highest BCUT2D eigenvalue weighted by Crippen LogP contribution is 2.26. The molecule has 0 spiro atoms. The Hall–Kier alpha value is -5.09. The monoisotopic (exact) mass is 1080 g/mol. The zero-order valence-corrected chi connectivity index (χ0v) is 44.3. The van der Waals surface area contributed by atoms with Crippen LogP contribution in [0, 0.1) is 11.8 Å². The van der Waals surface area contributed by atoms with Gasteiger partial charge in [0.05, 0.1) is 30.5 Å². The number of nitrogens with two attached hydrogens (primary N) is 2. The fourth-order valence-corrected chi connectivity index (χ4v) is 10.2. The molecule has 3 saturated heterocycles. The Morgan fingerprint density at radius 3 is 1.96 bits per heavy atom. The number of unbranched alkanes of at least 4 members (excludes halogenated alkanes) is 5. The molecule has 7 amide bonds. The zero-order chi connectivity index (χ0) is 56.4. The number of nitrogens with zero attached hydrogens (tertiary/aromatic N) is 2. The molecule has 25 nitrogen and oxygen atoms in total. The number of benzene rings is 1. The van der Waals surface area contributed by atoms with Crippen LogP contribution in [0.25, 0.3) is 0 Å². The summed E-state index contributed by atoms with van der Waals surface area (Å²) >= 11 is 0. The SMILES string of the molecule is CC(C)C[C@H](C)CCCCCCCCC(=O)N[C@H]1C[C@@H](O)[C@@H](NCCN)NC(=O)[C@@H]2[C@@H](O)CCN2C(=O)[C@H]([C@H](O)CCN)NC(=O)[C@H]([C@H](O)[C@@H](O)c2ccc(O)cc2)NC(=O)[C@@H]2C[C@@H](O)CN2C(=O)[C@H]([C@@H](C)O)NC1=O. The molecule has 0 unspecified atom stereocenters. The fraction of sp³-hybridized carbons (Fsp3) is 0.745. The lowest BCUT2D eigenvalue weighted by atomic mass is 9.93. The molecule has 76 heavy (non-hydrogen) atoms. The van der Waals surface area contributed by atoms with Crippen molar-refractivity contribution in [3.8, 4) is 5.75 Å². The summed E-state index contributed by atoms with van der Waals surface area (Å²) in [5, 5.41) is 104. The van der Waals surface area contributed by atoms with Gasteiger partial charge in [0, 0.05) is 45.4 Å². The molecular formula is C51H86N10O15. The maximum absolute atomic E-state index is 14.6. The third kappa shape index (κ3) is 18.3. The van der Waals surface area contributed by atoms with Gasteiger partial charge in [0.25, 0.3) is 0 Å². The molecule has 3 aliphatic rings. The number of aromatic hydroxyl groups is 1. The van der Waals surface area contributed by atoms with E-state index in [1.54, 1.807) is 0 Å². The van der Waals surface area contributed by atoms with Crippen LogP contribution in [0.2, 0.25) is 0 Å². The average molecular weight is 1080 g/mol. The van der Waals surface area contributed by atoms with Crippen molar-refractivity contribution in [1.29, 1.82) is 0 Å². The van der Waals surface area contributed by atoms with Crippen molar-refractivity contribution in [2.45, 2.75) is 196 Å². The molecule has 0 aliphatic carbocycles. The van der Waals surface area contributed by atoms with Gasteiger partial charge in [-0.15, -0.1) is 0 Å². The zero-order valence-electron chi connectivity index (χ0n) is 44.3. The normalized spacial score (nSPS) is 28.5. The molecule has 3 aliphatic heterocycles. The van der Waals surface area contributed by atoms with Crippen molar-refractivity contribution in [1.82, 2.24) is 41.7 Å². The van der Waals surface area contributed by atoms with Crippen LogP contribution in [-0.4, -0.2) is 204 Å². The van der Waals surface area contributed by atoms with E-state index in [1.807, 2.05) is 0 Å². The molecular weight excluding hydrogens is 993 g/mol. The maximum Gasteiger partial charge on any atom is 0.248 e. The van der Waals surface area contributed by atoms with E-state index in [9.17, 15) is 74.4 Å². The first-order valence-electron chi connectivity index (χ1n) is 26.8. The molecule has 1 aromatic rings. The van der Waals surface area contributed by atoms with E-state index in [0.29, 0.717) is 24.7 Å². The Morgan fingerprint density at radius 1 is 0.711 bits per heavy atom. The number of hydrogen-bond acceptors (Lipinski definition) is 18. The number of rotatable bonds is 22. The Bertz CT molecular complexity index is 2050. The lowest BCUT2D eigenvalue weighted by Gasteiger charge is -2.35. The van der Waals surface area contributed by atoms with Crippen LogP contribution in [0.15, 0.2) is 24.3 Å². The highest BCUT2D eigenvalue weighted by atomic mass is 16.3. The smallest absolute Gasteiger partial charge is 0.248 e. The molecule has 0 saturated carbocycles. The number of carbonyl (C=O) groups is 7. The van der Waals surface area contributed by atoms with E-state index in [-0.39, 0.29) is 56.8 Å².